The van der Waals surface area contributed by atoms with Crippen LogP contribution in [0.25, 0.3) is 12.2 Å². The van der Waals surface area contributed by atoms with E-state index in [9.17, 15) is 0 Å². The van der Waals surface area contributed by atoms with Crippen molar-refractivity contribution in [2.75, 3.05) is 13.2 Å². The lowest BCUT2D eigenvalue weighted by Gasteiger charge is -2.13. The number of fused-ring (bicyclic) bond motifs is 2. The molecule has 0 saturated carbocycles. The first-order chi connectivity index (χ1) is 11.4. The Kier molecular flexibility index (Phi) is 4.12. The maximum atomic E-state index is 5.92. The molecule has 0 N–H and O–H groups in total. The minimum atomic E-state index is 0.526. The van der Waals surface area contributed by atoms with Crippen molar-refractivity contribution in [1.82, 2.24) is 0 Å². The molecule has 0 aromatic heterocycles. The van der Waals surface area contributed by atoms with Crippen molar-refractivity contribution in [2.24, 2.45) is 0 Å². The van der Waals surface area contributed by atoms with Gasteiger partial charge in [0.15, 0.2) is 0 Å². The molecule has 1 heteroatoms. The monoisotopic (exact) mass is 302 g/mol. The van der Waals surface area contributed by atoms with Crippen molar-refractivity contribution in [3.8, 4) is 0 Å². The van der Waals surface area contributed by atoms with Crippen LogP contribution < -0.4 is 0 Å². The first-order valence-electron chi connectivity index (χ1n) is 8.54. The highest BCUT2D eigenvalue weighted by Gasteiger charge is 2.17. The lowest BCUT2D eigenvalue weighted by molar-refractivity contribution is 0.125. The third-order valence-corrected chi connectivity index (χ3v) is 4.95. The van der Waals surface area contributed by atoms with Crippen molar-refractivity contribution in [1.29, 1.82) is 0 Å². The molecule has 0 fully saturated rings. The average molecular weight is 302 g/mol. The number of rotatable bonds is 6. The van der Waals surface area contributed by atoms with E-state index in [1.165, 1.54) is 22.3 Å². The van der Waals surface area contributed by atoms with E-state index in [4.69, 9.17) is 4.74 Å². The quantitative estimate of drug-likeness (QED) is 0.649. The van der Waals surface area contributed by atoms with Gasteiger partial charge in [-0.05, 0) is 35.1 Å². The molecule has 2 aromatic rings. The fourth-order valence-electron chi connectivity index (χ4n) is 3.67. The normalized spacial score (nSPS) is 20.7. The first kappa shape index (κ1) is 14.5. The Labute approximate surface area is 138 Å². The van der Waals surface area contributed by atoms with Crippen molar-refractivity contribution in [3.05, 3.63) is 82.9 Å². The molecular formula is C22H22O. The van der Waals surface area contributed by atoms with Gasteiger partial charge in [-0.15, -0.1) is 0 Å². The summed E-state index contributed by atoms with van der Waals surface area (Å²) >= 11 is 0. The van der Waals surface area contributed by atoms with Crippen molar-refractivity contribution >= 4 is 12.2 Å². The standard InChI is InChI=1S/C22H22O/c1-3-7-21-17(5-1)9-11-19(21)13-15-23-16-14-20-12-10-18-6-2-4-8-22(18)20/h1-12,19-20H,13-16H2. The third kappa shape index (κ3) is 3.02. The van der Waals surface area contributed by atoms with E-state index in [1.807, 2.05) is 0 Å². The maximum Gasteiger partial charge on any atom is 0.0474 e. The van der Waals surface area contributed by atoms with Gasteiger partial charge in [0.1, 0.15) is 0 Å². The summed E-state index contributed by atoms with van der Waals surface area (Å²) in [6.45, 7) is 1.67. The van der Waals surface area contributed by atoms with Crippen LogP contribution in [0.4, 0.5) is 0 Å². The van der Waals surface area contributed by atoms with E-state index in [0.717, 1.165) is 26.1 Å². The van der Waals surface area contributed by atoms with Crippen LogP contribution in [0, 0.1) is 0 Å². The van der Waals surface area contributed by atoms with Crippen LogP contribution in [0.1, 0.15) is 46.9 Å². The molecule has 2 aliphatic carbocycles. The molecule has 2 aromatic carbocycles. The van der Waals surface area contributed by atoms with Gasteiger partial charge in [-0.25, -0.2) is 0 Å². The van der Waals surface area contributed by atoms with Gasteiger partial charge in [-0.1, -0.05) is 72.8 Å². The largest absolute Gasteiger partial charge is 0.381 e. The van der Waals surface area contributed by atoms with Gasteiger partial charge in [-0.2, -0.15) is 0 Å². The smallest absolute Gasteiger partial charge is 0.0474 e. The van der Waals surface area contributed by atoms with Crippen LogP contribution in [0.15, 0.2) is 60.7 Å². The second kappa shape index (κ2) is 6.55. The predicted octanol–water partition coefficient (Wildman–Crippen LogP) is 5.40. The fraction of sp³-hybridized carbons (Fsp3) is 0.273. The molecule has 0 bridgehead atoms. The van der Waals surface area contributed by atoms with Crippen molar-refractivity contribution in [3.63, 3.8) is 0 Å². The zero-order valence-corrected chi connectivity index (χ0v) is 13.3. The van der Waals surface area contributed by atoms with Gasteiger partial charge in [0, 0.05) is 25.0 Å². The average Bonchev–Trinajstić information content (AvgIpc) is 3.19. The Morgan fingerprint density at radius 1 is 0.652 bits per heavy atom. The molecule has 0 saturated heterocycles. The molecule has 2 atom stereocenters. The highest BCUT2D eigenvalue weighted by Crippen LogP contribution is 2.33. The van der Waals surface area contributed by atoms with Crippen LogP contribution in [-0.4, -0.2) is 13.2 Å². The van der Waals surface area contributed by atoms with E-state index in [1.54, 1.807) is 0 Å². The molecule has 2 unspecified atom stereocenters. The molecule has 0 spiro atoms. The molecule has 0 aliphatic heterocycles. The van der Waals surface area contributed by atoms with Crippen LogP contribution in [0.2, 0.25) is 0 Å². The molecular weight excluding hydrogens is 280 g/mol. The first-order valence-corrected chi connectivity index (χ1v) is 8.54. The summed E-state index contributed by atoms with van der Waals surface area (Å²) in [4.78, 5) is 0. The summed E-state index contributed by atoms with van der Waals surface area (Å²) in [5.74, 6) is 1.05. The molecule has 0 radical (unpaired) electrons. The van der Waals surface area contributed by atoms with Crippen molar-refractivity contribution < 1.29 is 4.74 Å². The Morgan fingerprint density at radius 3 is 1.65 bits per heavy atom. The van der Waals surface area contributed by atoms with E-state index in [-0.39, 0.29) is 0 Å². The van der Waals surface area contributed by atoms with Crippen molar-refractivity contribution in [2.45, 2.75) is 24.7 Å². The molecule has 2 aliphatic rings. The summed E-state index contributed by atoms with van der Waals surface area (Å²) in [5, 5.41) is 0. The lowest BCUT2D eigenvalue weighted by atomic mass is 9.97. The number of allylic oxidation sites excluding steroid dienone is 2. The zero-order chi connectivity index (χ0) is 15.5. The Balaban J connectivity index is 1.22. The Hall–Kier alpha value is -2.12. The van der Waals surface area contributed by atoms with Crippen LogP contribution >= 0.6 is 0 Å². The van der Waals surface area contributed by atoms with Gasteiger partial charge >= 0.3 is 0 Å². The number of hydrogen-bond acceptors (Lipinski definition) is 1. The highest BCUT2D eigenvalue weighted by atomic mass is 16.5. The summed E-state index contributed by atoms with van der Waals surface area (Å²) in [7, 11) is 0. The SMILES string of the molecule is C1=CC(CCOCCC2C=Cc3ccccc32)c2ccccc21. The Morgan fingerprint density at radius 2 is 1.13 bits per heavy atom. The van der Waals surface area contributed by atoms with Gasteiger partial charge in [-0.3, -0.25) is 0 Å². The van der Waals surface area contributed by atoms with Gasteiger partial charge < -0.3 is 4.74 Å². The van der Waals surface area contributed by atoms with E-state index >= 15 is 0 Å². The number of benzene rings is 2. The fourth-order valence-corrected chi connectivity index (χ4v) is 3.67. The zero-order valence-electron chi connectivity index (χ0n) is 13.3. The van der Waals surface area contributed by atoms with Gasteiger partial charge in [0.05, 0.1) is 0 Å². The summed E-state index contributed by atoms with van der Waals surface area (Å²) < 4.78 is 5.92. The molecule has 0 heterocycles. The molecule has 1 nitrogen and oxygen atoms in total. The van der Waals surface area contributed by atoms with Gasteiger partial charge in [0.25, 0.3) is 0 Å². The summed E-state index contributed by atoms with van der Waals surface area (Å²) in [5.41, 5.74) is 5.63. The number of ether oxygens (including phenoxy) is 1. The minimum absolute atomic E-state index is 0.526. The van der Waals surface area contributed by atoms with E-state index in [0.29, 0.717) is 11.8 Å². The molecule has 0 amide bonds. The van der Waals surface area contributed by atoms with Crippen LogP contribution in [-0.2, 0) is 4.74 Å². The molecule has 116 valence electrons. The number of hydrogen-bond donors (Lipinski definition) is 0. The Bertz CT molecular complexity index is 678. The lowest BCUT2D eigenvalue weighted by Crippen LogP contribution is -2.05. The summed E-state index contributed by atoms with van der Waals surface area (Å²) in [6, 6.07) is 17.3. The van der Waals surface area contributed by atoms with Crippen LogP contribution in [0.5, 0.6) is 0 Å². The van der Waals surface area contributed by atoms with Crippen LogP contribution in [0.3, 0.4) is 0 Å². The molecule has 23 heavy (non-hydrogen) atoms. The van der Waals surface area contributed by atoms with Gasteiger partial charge in [0.2, 0.25) is 0 Å². The summed E-state index contributed by atoms with van der Waals surface area (Å²) in [6.07, 6.45) is 11.2. The van der Waals surface area contributed by atoms with E-state index < -0.39 is 0 Å². The predicted molar refractivity (Wildman–Crippen MR) is 96.5 cm³/mol. The maximum absolute atomic E-state index is 5.92. The highest BCUT2D eigenvalue weighted by molar-refractivity contribution is 5.62. The topological polar surface area (TPSA) is 9.23 Å². The second-order valence-electron chi connectivity index (χ2n) is 6.38. The second-order valence-corrected chi connectivity index (χ2v) is 6.38. The van der Waals surface area contributed by atoms with E-state index in [2.05, 4.69) is 72.8 Å². The molecule has 4 rings (SSSR count). The third-order valence-electron chi connectivity index (χ3n) is 4.95. The minimum Gasteiger partial charge on any atom is -0.381 e.